The molecule has 0 saturated carbocycles. The first kappa shape index (κ1) is 20.1. The largest absolute Gasteiger partial charge is 0.494 e. The summed E-state index contributed by atoms with van der Waals surface area (Å²) in [5, 5.41) is 5.90. The van der Waals surface area contributed by atoms with E-state index in [9.17, 15) is 0 Å². The Hall–Kier alpha value is -3.86. The lowest BCUT2D eigenvalue weighted by molar-refractivity contribution is 0.412. The first-order valence-corrected chi connectivity index (χ1v) is 10.8. The van der Waals surface area contributed by atoms with Crippen LogP contribution in [0.1, 0.15) is 35.2 Å². The summed E-state index contributed by atoms with van der Waals surface area (Å²) in [6.45, 7) is 6.34. The van der Waals surface area contributed by atoms with Crippen LogP contribution in [0.4, 0.5) is 0 Å². The molecule has 5 aromatic rings. The molecule has 1 unspecified atom stereocenters. The van der Waals surface area contributed by atoms with E-state index in [1.54, 1.807) is 13.4 Å². The van der Waals surface area contributed by atoms with Crippen LogP contribution in [0.5, 0.6) is 5.75 Å². The maximum absolute atomic E-state index is 5.70. The molecule has 0 aliphatic carbocycles. The highest BCUT2D eigenvalue weighted by molar-refractivity contribution is 5.85. The van der Waals surface area contributed by atoms with E-state index in [0.717, 1.165) is 33.7 Å². The van der Waals surface area contributed by atoms with Crippen molar-refractivity contribution in [1.82, 2.24) is 19.3 Å². The fourth-order valence-corrected chi connectivity index (χ4v) is 4.26. The van der Waals surface area contributed by atoms with Gasteiger partial charge in [0.2, 0.25) is 0 Å². The molecule has 0 bridgehead atoms. The second-order valence-corrected chi connectivity index (χ2v) is 8.25. The number of ether oxygens (including phenoxy) is 1. The van der Waals surface area contributed by atoms with Gasteiger partial charge in [0.25, 0.3) is 0 Å². The number of hydrogen-bond acceptors (Lipinski definition) is 3. The van der Waals surface area contributed by atoms with Crippen molar-refractivity contribution in [2.75, 3.05) is 7.11 Å². The van der Waals surface area contributed by atoms with Crippen molar-refractivity contribution in [1.29, 1.82) is 0 Å². The van der Waals surface area contributed by atoms with Crippen molar-refractivity contribution in [3.63, 3.8) is 0 Å². The summed E-state index contributed by atoms with van der Waals surface area (Å²) in [5.74, 6) is 1.05. The minimum Gasteiger partial charge on any atom is -0.494 e. The van der Waals surface area contributed by atoms with E-state index in [2.05, 4.69) is 67.4 Å². The molecule has 2 aromatic heterocycles. The van der Waals surface area contributed by atoms with Gasteiger partial charge in [0.15, 0.2) is 0 Å². The molecule has 0 N–H and O–H groups in total. The number of rotatable bonds is 5. The van der Waals surface area contributed by atoms with E-state index in [-0.39, 0.29) is 5.92 Å². The zero-order chi connectivity index (χ0) is 22.2. The normalized spacial score (nSPS) is 12.2. The van der Waals surface area contributed by atoms with Crippen molar-refractivity contribution in [2.24, 2.45) is 0 Å². The molecule has 1 atom stereocenters. The van der Waals surface area contributed by atoms with Gasteiger partial charge in [0.1, 0.15) is 5.75 Å². The predicted octanol–water partition coefficient (Wildman–Crippen LogP) is 5.99. The summed E-state index contributed by atoms with van der Waals surface area (Å²) in [5.41, 5.74) is 7.79. The zero-order valence-electron chi connectivity index (χ0n) is 18.8. The lowest BCUT2D eigenvalue weighted by Gasteiger charge is -2.15. The second kappa shape index (κ2) is 8.00. The molecule has 5 heteroatoms. The van der Waals surface area contributed by atoms with Gasteiger partial charge < -0.3 is 9.30 Å². The van der Waals surface area contributed by atoms with Gasteiger partial charge in [-0.1, -0.05) is 48.9 Å². The molecule has 160 valence electrons. The van der Waals surface area contributed by atoms with Crippen LogP contribution < -0.4 is 4.74 Å². The van der Waals surface area contributed by atoms with Gasteiger partial charge in [-0.3, -0.25) is 0 Å². The summed E-state index contributed by atoms with van der Waals surface area (Å²) in [4.78, 5) is 4.33. The molecule has 3 aromatic carbocycles. The Morgan fingerprint density at radius 1 is 0.969 bits per heavy atom. The van der Waals surface area contributed by atoms with Gasteiger partial charge in [-0.15, -0.1) is 0 Å². The number of nitrogens with zero attached hydrogens (tertiary/aromatic N) is 4. The van der Waals surface area contributed by atoms with Crippen molar-refractivity contribution < 1.29 is 4.74 Å². The topological polar surface area (TPSA) is 44.9 Å². The average Bonchev–Trinajstić information content (AvgIpc) is 3.45. The van der Waals surface area contributed by atoms with Gasteiger partial charge in [-0.25, -0.2) is 9.67 Å². The summed E-state index contributed by atoms with van der Waals surface area (Å²) < 4.78 is 9.65. The van der Waals surface area contributed by atoms with Crippen LogP contribution in [0, 0.1) is 13.8 Å². The van der Waals surface area contributed by atoms with Gasteiger partial charge in [-0.05, 0) is 43.2 Å². The van der Waals surface area contributed by atoms with Gasteiger partial charge in [0.05, 0.1) is 42.2 Å². The highest BCUT2D eigenvalue weighted by Gasteiger charge is 2.16. The smallest absolute Gasteiger partial charge is 0.145 e. The molecule has 5 nitrogen and oxygen atoms in total. The Bertz CT molecular complexity index is 1400. The molecular weight excluding hydrogens is 396 g/mol. The lowest BCUT2D eigenvalue weighted by atomic mass is 9.90. The number of methoxy groups -OCH3 is 1. The number of aromatic nitrogens is 4. The number of aryl methyl sites for hydroxylation is 2. The van der Waals surface area contributed by atoms with Crippen molar-refractivity contribution >= 4 is 10.9 Å². The highest BCUT2D eigenvalue weighted by Crippen LogP contribution is 2.33. The molecule has 32 heavy (non-hydrogen) atoms. The van der Waals surface area contributed by atoms with E-state index in [0.29, 0.717) is 0 Å². The zero-order valence-corrected chi connectivity index (χ0v) is 18.8. The third kappa shape index (κ3) is 3.46. The number of imidazole rings is 1. The quantitative estimate of drug-likeness (QED) is 0.349. The molecule has 5 rings (SSSR count). The Morgan fingerprint density at radius 2 is 1.78 bits per heavy atom. The summed E-state index contributed by atoms with van der Waals surface area (Å²) in [7, 11) is 1.69. The average molecular weight is 423 g/mol. The monoisotopic (exact) mass is 422 g/mol. The van der Waals surface area contributed by atoms with Gasteiger partial charge in [-0.2, -0.15) is 5.10 Å². The molecule has 2 heterocycles. The van der Waals surface area contributed by atoms with Crippen LogP contribution in [-0.2, 0) is 0 Å². The van der Waals surface area contributed by atoms with Gasteiger partial charge in [0, 0.05) is 23.6 Å². The predicted molar refractivity (Wildman–Crippen MR) is 128 cm³/mol. The molecule has 0 fully saturated rings. The van der Waals surface area contributed by atoms with E-state index >= 15 is 0 Å². The number of hydrogen-bond donors (Lipinski definition) is 0. The van der Waals surface area contributed by atoms with Gasteiger partial charge >= 0.3 is 0 Å². The number of benzene rings is 3. The van der Waals surface area contributed by atoms with Crippen LogP contribution in [0.2, 0.25) is 0 Å². The van der Waals surface area contributed by atoms with Crippen LogP contribution in [-0.4, -0.2) is 26.4 Å². The lowest BCUT2D eigenvalue weighted by Crippen LogP contribution is -2.01. The number of fused-ring (bicyclic) bond motifs is 1. The SMILES string of the molecule is COc1cc(-n2ncc3c(C(C)c4ccc(C)cc4)cccc32)ccc1-n1cnc(C)c1. The minimum atomic E-state index is 0.276. The highest BCUT2D eigenvalue weighted by atomic mass is 16.5. The molecule has 0 saturated heterocycles. The van der Waals surface area contributed by atoms with Crippen molar-refractivity contribution in [2.45, 2.75) is 26.7 Å². The van der Waals surface area contributed by atoms with E-state index in [1.165, 1.54) is 16.7 Å². The fourth-order valence-electron chi connectivity index (χ4n) is 4.26. The molecule has 0 radical (unpaired) electrons. The van der Waals surface area contributed by atoms with Crippen molar-refractivity contribution in [3.8, 4) is 17.1 Å². The molecule has 0 aliphatic heterocycles. The standard InChI is InChI=1S/C27H26N4O/c1-18-8-10-21(11-9-18)20(3)23-6-5-7-25-24(23)15-29-31(25)22-12-13-26(27(14-22)32-4)30-16-19(2)28-17-30/h5-17,20H,1-4H3. The Labute approximate surface area is 187 Å². The third-order valence-corrected chi connectivity index (χ3v) is 6.09. The molecule has 0 spiro atoms. The first-order valence-electron chi connectivity index (χ1n) is 10.8. The fraction of sp³-hybridized carbons (Fsp3) is 0.185. The Morgan fingerprint density at radius 3 is 2.50 bits per heavy atom. The minimum absolute atomic E-state index is 0.276. The van der Waals surface area contributed by atoms with E-state index in [1.807, 2.05) is 40.7 Å². The molecule has 0 aliphatic rings. The maximum Gasteiger partial charge on any atom is 0.145 e. The Balaban J connectivity index is 1.57. The summed E-state index contributed by atoms with van der Waals surface area (Å²) >= 11 is 0. The van der Waals surface area contributed by atoms with E-state index in [4.69, 9.17) is 9.84 Å². The maximum atomic E-state index is 5.70. The van der Waals surface area contributed by atoms with Crippen LogP contribution in [0.25, 0.3) is 22.3 Å². The third-order valence-electron chi connectivity index (χ3n) is 6.09. The summed E-state index contributed by atoms with van der Waals surface area (Å²) in [6.07, 6.45) is 5.75. The van der Waals surface area contributed by atoms with Crippen molar-refractivity contribution in [3.05, 3.63) is 102 Å². The van der Waals surface area contributed by atoms with Crippen LogP contribution >= 0.6 is 0 Å². The molecule has 0 amide bonds. The van der Waals surface area contributed by atoms with Crippen LogP contribution in [0.3, 0.4) is 0 Å². The second-order valence-electron chi connectivity index (χ2n) is 8.25. The Kier molecular flexibility index (Phi) is 5.02. The van der Waals surface area contributed by atoms with E-state index < -0.39 is 0 Å². The first-order chi connectivity index (χ1) is 15.5. The summed E-state index contributed by atoms with van der Waals surface area (Å²) in [6, 6.07) is 21.3. The van der Waals surface area contributed by atoms with Crippen LogP contribution in [0.15, 0.2) is 79.4 Å². The molecular formula is C27H26N4O.